The minimum absolute atomic E-state index is 0.242. The van der Waals surface area contributed by atoms with Gasteiger partial charge in [0.05, 0.1) is 10.7 Å². The molecule has 2 N–H and O–H groups in total. The molecule has 0 spiro atoms. The van der Waals surface area contributed by atoms with Crippen LogP contribution in [0.3, 0.4) is 0 Å². The molecule has 7 heteroatoms. The molecule has 1 fully saturated rings. The highest BCUT2D eigenvalue weighted by Gasteiger charge is 2.25. The minimum Gasteiger partial charge on any atom is -0.396 e. The van der Waals surface area contributed by atoms with Crippen molar-refractivity contribution in [2.45, 2.75) is 36.8 Å². The van der Waals surface area contributed by atoms with Crippen LogP contribution in [0.2, 0.25) is 0 Å². The second kappa shape index (κ2) is 6.54. The summed E-state index contributed by atoms with van der Waals surface area (Å²) in [5.41, 5.74) is 0.820. The van der Waals surface area contributed by atoms with Crippen molar-refractivity contribution < 1.29 is 5.11 Å². The number of aliphatic hydroxyl groups is 1. The van der Waals surface area contributed by atoms with E-state index in [0.717, 1.165) is 33.8 Å². The second-order valence-electron chi connectivity index (χ2n) is 5.39. The maximum absolute atomic E-state index is 9.54. The van der Waals surface area contributed by atoms with Crippen LogP contribution in [0.5, 0.6) is 0 Å². The number of rotatable bonds is 4. The second-order valence-corrected chi connectivity index (χ2v) is 7.07. The quantitative estimate of drug-likeness (QED) is 0.639. The summed E-state index contributed by atoms with van der Waals surface area (Å²) in [4.78, 5) is 4.65. The molecule has 2 unspecified atom stereocenters. The van der Waals surface area contributed by atoms with Crippen LogP contribution in [0, 0.1) is 5.92 Å². The van der Waals surface area contributed by atoms with Gasteiger partial charge in [-0.15, -0.1) is 11.8 Å². The molecule has 0 amide bonds. The van der Waals surface area contributed by atoms with Crippen molar-refractivity contribution in [3.8, 4) is 0 Å². The van der Waals surface area contributed by atoms with Gasteiger partial charge in [0.25, 0.3) is 0 Å². The van der Waals surface area contributed by atoms with Crippen LogP contribution < -0.4 is 5.32 Å². The lowest BCUT2D eigenvalue weighted by Gasteiger charge is -2.31. The Bertz CT molecular complexity index is 633. The van der Waals surface area contributed by atoms with Crippen LogP contribution >= 0.6 is 27.7 Å². The topological polar surface area (TPSA) is 62.5 Å². The summed E-state index contributed by atoms with van der Waals surface area (Å²) in [6, 6.07) is 2.33. The Morgan fingerprint density at radius 1 is 1.48 bits per heavy atom. The molecule has 2 aromatic rings. The van der Waals surface area contributed by atoms with Gasteiger partial charge in [-0.2, -0.15) is 5.10 Å². The molecule has 2 aromatic heterocycles. The van der Waals surface area contributed by atoms with Gasteiger partial charge >= 0.3 is 0 Å². The van der Waals surface area contributed by atoms with Crippen LogP contribution in [-0.2, 0) is 0 Å². The standard InChI is InChI=1S/C14H19BrN4OS/c1-21-13-6-12(18-14-10(15)7-16-19(13)14)17-11-5-3-2-4-9(11)8-20/h6-7,9,11,20H,2-5,8H2,1H3,(H,17,18). The molecular formula is C14H19BrN4OS. The van der Waals surface area contributed by atoms with Gasteiger partial charge in [-0.3, -0.25) is 0 Å². The van der Waals surface area contributed by atoms with Gasteiger partial charge < -0.3 is 10.4 Å². The fraction of sp³-hybridized carbons (Fsp3) is 0.571. The van der Waals surface area contributed by atoms with Crippen LogP contribution in [-0.4, -0.2) is 38.6 Å². The van der Waals surface area contributed by atoms with Crippen molar-refractivity contribution in [2.75, 3.05) is 18.2 Å². The van der Waals surface area contributed by atoms with E-state index in [4.69, 9.17) is 0 Å². The summed E-state index contributed by atoms with van der Waals surface area (Å²) >= 11 is 5.14. The van der Waals surface area contributed by atoms with Crippen molar-refractivity contribution in [3.05, 3.63) is 16.7 Å². The lowest BCUT2D eigenvalue weighted by molar-refractivity contribution is 0.178. The van der Waals surface area contributed by atoms with E-state index in [-0.39, 0.29) is 6.61 Å². The molecule has 3 rings (SSSR count). The maximum Gasteiger partial charge on any atom is 0.172 e. The third-order valence-corrected chi connectivity index (χ3v) is 5.35. The third-order valence-electron chi connectivity index (χ3n) is 4.08. The number of hydrogen-bond acceptors (Lipinski definition) is 5. The fourth-order valence-electron chi connectivity index (χ4n) is 2.93. The first-order valence-electron chi connectivity index (χ1n) is 7.18. The van der Waals surface area contributed by atoms with Gasteiger partial charge in [-0.25, -0.2) is 9.50 Å². The number of fused-ring (bicyclic) bond motifs is 1. The molecule has 2 atom stereocenters. The van der Waals surface area contributed by atoms with Crippen LogP contribution in [0.15, 0.2) is 21.8 Å². The summed E-state index contributed by atoms with van der Waals surface area (Å²) in [5.74, 6) is 1.18. The lowest BCUT2D eigenvalue weighted by Crippen LogP contribution is -2.34. The summed E-state index contributed by atoms with van der Waals surface area (Å²) in [6.07, 6.45) is 8.39. The van der Waals surface area contributed by atoms with E-state index in [1.165, 1.54) is 12.8 Å². The van der Waals surface area contributed by atoms with Crippen LogP contribution in [0.1, 0.15) is 25.7 Å². The Morgan fingerprint density at radius 2 is 2.29 bits per heavy atom. The molecule has 5 nitrogen and oxygen atoms in total. The average molecular weight is 371 g/mol. The molecule has 0 bridgehead atoms. The normalized spacial score (nSPS) is 22.6. The number of nitrogens with one attached hydrogen (secondary N) is 1. The number of aromatic nitrogens is 3. The van der Waals surface area contributed by atoms with Crippen molar-refractivity contribution in [3.63, 3.8) is 0 Å². The highest BCUT2D eigenvalue weighted by atomic mass is 79.9. The number of nitrogens with zero attached hydrogens (tertiary/aromatic N) is 3. The molecule has 0 saturated heterocycles. The predicted molar refractivity (Wildman–Crippen MR) is 88.9 cm³/mol. The fourth-order valence-corrected chi connectivity index (χ4v) is 3.82. The zero-order valence-electron chi connectivity index (χ0n) is 11.9. The first-order valence-corrected chi connectivity index (χ1v) is 9.20. The zero-order valence-corrected chi connectivity index (χ0v) is 14.3. The van der Waals surface area contributed by atoms with Crippen molar-refractivity contribution in [1.29, 1.82) is 0 Å². The van der Waals surface area contributed by atoms with E-state index in [2.05, 4.69) is 31.3 Å². The molecule has 0 aliphatic heterocycles. The third kappa shape index (κ3) is 3.05. The highest BCUT2D eigenvalue weighted by molar-refractivity contribution is 9.10. The first kappa shape index (κ1) is 15.1. The average Bonchev–Trinajstić information content (AvgIpc) is 2.89. The molecule has 114 valence electrons. The van der Waals surface area contributed by atoms with Gasteiger partial charge in [0, 0.05) is 24.6 Å². The van der Waals surface area contributed by atoms with E-state index in [1.807, 2.05) is 16.8 Å². The Morgan fingerprint density at radius 3 is 3.05 bits per heavy atom. The highest BCUT2D eigenvalue weighted by Crippen LogP contribution is 2.29. The summed E-state index contributed by atoms with van der Waals surface area (Å²) in [5, 5.41) is 18.4. The van der Waals surface area contributed by atoms with Gasteiger partial charge in [0.1, 0.15) is 10.8 Å². The number of anilines is 1. The lowest BCUT2D eigenvalue weighted by atomic mass is 9.85. The first-order chi connectivity index (χ1) is 10.2. The Labute approximate surface area is 136 Å². The molecule has 0 aromatic carbocycles. The number of thioether (sulfide) groups is 1. The molecule has 1 aliphatic carbocycles. The molecule has 1 aliphatic rings. The largest absolute Gasteiger partial charge is 0.396 e. The van der Waals surface area contributed by atoms with Gasteiger partial charge in [0.15, 0.2) is 5.65 Å². The molecule has 0 radical (unpaired) electrons. The monoisotopic (exact) mass is 370 g/mol. The van der Waals surface area contributed by atoms with Gasteiger partial charge in [-0.1, -0.05) is 12.8 Å². The minimum atomic E-state index is 0.242. The number of halogens is 1. The molecule has 2 heterocycles. The molecular weight excluding hydrogens is 352 g/mol. The van der Waals surface area contributed by atoms with Crippen molar-refractivity contribution in [2.24, 2.45) is 5.92 Å². The smallest absolute Gasteiger partial charge is 0.172 e. The van der Waals surface area contributed by atoms with Crippen molar-refractivity contribution >= 4 is 39.2 Å². The summed E-state index contributed by atoms with van der Waals surface area (Å²) in [6.45, 7) is 0.242. The SMILES string of the molecule is CSc1cc(NC2CCCCC2CO)nc2c(Br)cnn12. The van der Waals surface area contributed by atoms with Gasteiger partial charge in [0.2, 0.25) is 0 Å². The van der Waals surface area contributed by atoms with E-state index in [9.17, 15) is 5.11 Å². The molecule has 21 heavy (non-hydrogen) atoms. The Balaban J connectivity index is 1.91. The summed E-state index contributed by atoms with van der Waals surface area (Å²) in [7, 11) is 0. The van der Waals surface area contributed by atoms with E-state index < -0.39 is 0 Å². The Kier molecular flexibility index (Phi) is 4.71. The predicted octanol–water partition coefficient (Wildman–Crippen LogP) is 3.18. The van der Waals surface area contributed by atoms with Crippen LogP contribution in [0.25, 0.3) is 5.65 Å². The number of hydrogen-bond donors (Lipinski definition) is 2. The summed E-state index contributed by atoms with van der Waals surface area (Å²) < 4.78 is 2.73. The van der Waals surface area contributed by atoms with E-state index in [1.54, 1.807) is 18.0 Å². The zero-order chi connectivity index (χ0) is 14.8. The maximum atomic E-state index is 9.54. The Hall–Kier alpha value is -0.790. The molecule has 1 saturated carbocycles. The number of aliphatic hydroxyl groups excluding tert-OH is 1. The van der Waals surface area contributed by atoms with Gasteiger partial charge in [-0.05, 0) is 35.0 Å². The van der Waals surface area contributed by atoms with E-state index >= 15 is 0 Å². The van der Waals surface area contributed by atoms with E-state index in [0.29, 0.717) is 12.0 Å². The van der Waals surface area contributed by atoms with Crippen LogP contribution in [0.4, 0.5) is 5.82 Å². The van der Waals surface area contributed by atoms with Crippen molar-refractivity contribution in [1.82, 2.24) is 14.6 Å².